The van der Waals surface area contributed by atoms with E-state index in [4.69, 9.17) is 0 Å². The lowest BCUT2D eigenvalue weighted by atomic mass is 9.90. The highest BCUT2D eigenvalue weighted by Crippen LogP contribution is 2.23. The minimum atomic E-state index is -1.58. The number of aromatic hydroxyl groups is 1. The van der Waals surface area contributed by atoms with Crippen molar-refractivity contribution in [3.63, 3.8) is 0 Å². The number of amides is 5. The van der Waals surface area contributed by atoms with Crippen LogP contribution in [0.25, 0.3) is 0 Å². The lowest BCUT2D eigenvalue weighted by molar-refractivity contribution is -0.143. The molecular weight excluding hydrogens is 676 g/mol. The zero-order chi connectivity index (χ0) is 38.9. The van der Waals surface area contributed by atoms with Crippen molar-refractivity contribution in [1.29, 1.82) is 0 Å². The third kappa shape index (κ3) is 12.3. The number of rotatable bonds is 8. The average molecular weight is 731 g/mol. The Morgan fingerprint density at radius 1 is 0.923 bits per heavy atom. The molecule has 16 nitrogen and oxygen atoms in total. The van der Waals surface area contributed by atoms with Crippen molar-refractivity contribution in [2.45, 2.75) is 122 Å². The number of aliphatic hydroxyl groups is 1. The maximum absolute atomic E-state index is 14.1. The number of nitrogens with one attached hydrogen (secondary N) is 5. The second kappa shape index (κ2) is 18.3. The Morgan fingerprint density at radius 3 is 2.13 bits per heavy atom. The maximum atomic E-state index is 14.1. The highest BCUT2D eigenvalue weighted by molar-refractivity contribution is 5.97. The fraction of sp³-hybridized carbons (Fsp3) is 0.639. The van der Waals surface area contributed by atoms with Gasteiger partial charge < -0.3 is 41.9 Å². The number of carboxylic acids is 1. The Balaban J connectivity index is 2.12. The topological polar surface area (TPSA) is 244 Å². The van der Waals surface area contributed by atoms with E-state index in [0.717, 1.165) is 0 Å². The molecule has 0 aromatic heterocycles. The van der Waals surface area contributed by atoms with Gasteiger partial charge in [-0.1, -0.05) is 26.0 Å². The molecule has 2 heterocycles. The van der Waals surface area contributed by atoms with Crippen LogP contribution in [0.15, 0.2) is 24.3 Å². The number of phenolic OH excluding ortho intramolecular Hbond substituents is 1. The smallest absolute Gasteiger partial charge is 0.304 e. The summed E-state index contributed by atoms with van der Waals surface area (Å²) in [5, 5.41) is 43.4. The van der Waals surface area contributed by atoms with Crippen molar-refractivity contribution in [2.75, 3.05) is 13.1 Å². The van der Waals surface area contributed by atoms with Gasteiger partial charge in [-0.2, -0.15) is 0 Å². The van der Waals surface area contributed by atoms with Crippen molar-refractivity contribution in [1.82, 2.24) is 31.5 Å². The lowest BCUT2D eigenvalue weighted by Crippen LogP contribution is -2.62. The molecule has 2 aliphatic rings. The first-order chi connectivity index (χ1) is 24.2. The first-order valence-electron chi connectivity index (χ1n) is 17.7. The molecule has 288 valence electrons. The van der Waals surface area contributed by atoms with Crippen LogP contribution in [0.4, 0.5) is 0 Å². The molecule has 1 aromatic carbocycles. The molecule has 0 saturated carbocycles. The van der Waals surface area contributed by atoms with E-state index in [9.17, 15) is 48.9 Å². The van der Waals surface area contributed by atoms with Crippen LogP contribution in [0.3, 0.4) is 0 Å². The predicted molar refractivity (Wildman–Crippen MR) is 189 cm³/mol. The summed E-state index contributed by atoms with van der Waals surface area (Å²) in [7, 11) is 0. The minimum Gasteiger partial charge on any atom is -0.508 e. The summed E-state index contributed by atoms with van der Waals surface area (Å²) in [6, 6.07) is 0.111. The zero-order valence-corrected chi connectivity index (χ0v) is 30.7. The molecule has 52 heavy (non-hydrogen) atoms. The fourth-order valence-corrected chi connectivity index (χ4v) is 6.45. The number of aliphatic hydroxyl groups excluding tert-OH is 1. The van der Waals surface area contributed by atoms with Gasteiger partial charge in [-0.05, 0) is 77.1 Å². The minimum absolute atomic E-state index is 0.00229. The molecule has 0 unspecified atom stereocenters. The number of fused-ring (bicyclic) bond motifs is 1. The molecule has 2 aliphatic heterocycles. The van der Waals surface area contributed by atoms with Crippen molar-refractivity contribution in [3.05, 3.63) is 29.8 Å². The molecule has 2 fully saturated rings. The van der Waals surface area contributed by atoms with Crippen LogP contribution >= 0.6 is 0 Å². The molecule has 0 aliphatic carbocycles. The Bertz CT molecular complexity index is 1470. The molecule has 5 amide bonds. The van der Waals surface area contributed by atoms with E-state index in [2.05, 4.69) is 26.6 Å². The summed E-state index contributed by atoms with van der Waals surface area (Å²) in [4.78, 5) is 96.0. The molecule has 16 heteroatoms. The van der Waals surface area contributed by atoms with Crippen LogP contribution in [-0.4, -0.2) is 116 Å². The second-order valence-corrected chi connectivity index (χ2v) is 15.2. The molecule has 1 aromatic rings. The van der Waals surface area contributed by atoms with Crippen LogP contribution in [0.2, 0.25) is 0 Å². The van der Waals surface area contributed by atoms with Gasteiger partial charge in [0, 0.05) is 24.9 Å². The number of carbonyl (C=O) groups is 7. The second-order valence-electron chi connectivity index (χ2n) is 15.2. The Kier molecular flexibility index (Phi) is 14.7. The van der Waals surface area contributed by atoms with E-state index < -0.39 is 102 Å². The van der Waals surface area contributed by atoms with Crippen LogP contribution in [-0.2, 0) is 40.0 Å². The van der Waals surface area contributed by atoms with Crippen LogP contribution in [0, 0.1) is 11.8 Å². The van der Waals surface area contributed by atoms with E-state index in [1.54, 1.807) is 37.8 Å². The van der Waals surface area contributed by atoms with Crippen LogP contribution in [0.1, 0.15) is 79.2 Å². The van der Waals surface area contributed by atoms with Crippen LogP contribution < -0.4 is 26.6 Å². The lowest BCUT2D eigenvalue weighted by Gasteiger charge is -2.35. The summed E-state index contributed by atoms with van der Waals surface area (Å²) in [6.07, 6.45) is -1.89. The molecule has 0 radical (unpaired) electrons. The number of Topliss-reactive ketones (excluding diaryl/α,β-unsaturated/α-hetero) is 1. The van der Waals surface area contributed by atoms with E-state index in [-0.39, 0.29) is 31.1 Å². The quantitative estimate of drug-likeness (QED) is 0.173. The average Bonchev–Trinajstić information content (AvgIpc) is 3.51. The van der Waals surface area contributed by atoms with Gasteiger partial charge in [0.25, 0.3) is 0 Å². The number of aliphatic carboxylic acids is 1. The Labute approximate surface area is 303 Å². The summed E-state index contributed by atoms with van der Waals surface area (Å²) < 4.78 is 0. The van der Waals surface area contributed by atoms with Crippen molar-refractivity contribution >= 4 is 41.3 Å². The normalized spacial score (nSPS) is 26.6. The van der Waals surface area contributed by atoms with Gasteiger partial charge in [0.2, 0.25) is 29.5 Å². The van der Waals surface area contributed by atoms with Crippen molar-refractivity contribution < 1.29 is 48.9 Å². The summed E-state index contributed by atoms with van der Waals surface area (Å²) >= 11 is 0. The molecular formula is C36H54N6O10. The number of hydrogen-bond acceptors (Lipinski definition) is 10. The Morgan fingerprint density at radius 2 is 1.56 bits per heavy atom. The van der Waals surface area contributed by atoms with Gasteiger partial charge >= 0.3 is 5.97 Å². The molecule has 0 spiro atoms. The fourth-order valence-electron chi connectivity index (χ4n) is 6.45. The van der Waals surface area contributed by atoms with Gasteiger partial charge in [-0.15, -0.1) is 0 Å². The number of nitrogens with zero attached hydrogens (tertiary/aromatic N) is 1. The highest BCUT2D eigenvalue weighted by atomic mass is 16.4. The van der Waals surface area contributed by atoms with E-state index in [1.807, 2.05) is 13.8 Å². The number of ketones is 1. The monoisotopic (exact) mass is 730 g/mol. The van der Waals surface area contributed by atoms with Gasteiger partial charge in [-0.25, -0.2) is 0 Å². The van der Waals surface area contributed by atoms with Gasteiger partial charge in [0.05, 0.1) is 30.5 Å². The number of phenols is 1. The summed E-state index contributed by atoms with van der Waals surface area (Å²) in [5.41, 5.74) is -0.0941. The van der Waals surface area contributed by atoms with E-state index >= 15 is 0 Å². The predicted octanol–water partition coefficient (Wildman–Crippen LogP) is -0.256. The highest BCUT2D eigenvalue weighted by Gasteiger charge is 2.42. The summed E-state index contributed by atoms with van der Waals surface area (Å²) in [5.74, 6) is -7.19. The molecule has 8 N–H and O–H groups in total. The first kappa shape index (κ1) is 41.8. The maximum Gasteiger partial charge on any atom is 0.304 e. The number of benzene rings is 1. The third-order valence-electron chi connectivity index (χ3n) is 8.99. The van der Waals surface area contributed by atoms with Crippen LogP contribution in [0.5, 0.6) is 5.75 Å². The van der Waals surface area contributed by atoms with Gasteiger partial charge in [-0.3, -0.25) is 38.5 Å². The largest absolute Gasteiger partial charge is 0.508 e. The van der Waals surface area contributed by atoms with Crippen molar-refractivity contribution in [3.8, 4) is 5.75 Å². The summed E-state index contributed by atoms with van der Waals surface area (Å²) in [6.45, 7) is 10.2. The molecule has 7 atom stereocenters. The van der Waals surface area contributed by atoms with E-state index in [0.29, 0.717) is 24.9 Å². The Hall–Kier alpha value is -4.57. The standard InChI is InChI=1S/C36H54N6O10/c1-19(2)14-24-28(45)16-22(17-29(46)47)31(48)40-30(20(3)43)35(52)37-18-27(34(51)41-36(4,5)6)42-13-7-8-26(42)33(50)39-25(32(49)38-24)15-21-9-11-23(44)12-10-21/h9-12,19-20,22,24-27,30,43-44H,7-8,13-18H2,1-6H3,(H,37,52)(H,38,49)(H,39,50)(H,40,48)(H,41,51)(H,46,47)/t20-,22+,24+,25+,26+,27-,30+/m1/s1. The van der Waals surface area contributed by atoms with E-state index in [1.165, 1.54) is 19.1 Å². The first-order valence-corrected chi connectivity index (χ1v) is 17.7. The van der Waals surface area contributed by atoms with Gasteiger partial charge in [0.1, 0.15) is 23.9 Å². The number of carbonyl (C=O) groups excluding carboxylic acids is 6. The zero-order valence-electron chi connectivity index (χ0n) is 30.7. The number of carboxylic acid groups (broad SMARTS) is 1. The van der Waals surface area contributed by atoms with Crippen molar-refractivity contribution in [2.24, 2.45) is 11.8 Å². The molecule has 2 saturated heterocycles. The number of hydrogen-bond donors (Lipinski definition) is 8. The third-order valence-corrected chi connectivity index (χ3v) is 8.99. The van der Waals surface area contributed by atoms with Gasteiger partial charge in [0.15, 0.2) is 5.78 Å². The SMILES string of the molecule is CC(C)C[C@@H]1NC(=O)[C@H](Cc2ccc(O)cc2)NC(=O)[C@@H]2CCCN2[C@@H](C(=O)NC(C)(C)C)CNC(=O)[C@H]([C@@H](C)O)NC(=O)[C@H](CC(=O)O)CC1=O. The molecule has 3 rings (SSSR count). The molecule has 0 bridgehead atoms.